The van der Waals surface area contributed by atoms with Crippen LogP contribution in [0, 0.1) is 12.8 Å². The van der Waals surface area contributed by atoms with Crippen LogP contribution < -0.4 is 0 Å². The molecule has 1 saturated heterocycles. The van der Waals surface area contributed by atoms with Crippen molar-refractivity contribution >= 4 is 40.2 Å². The zero-order valence-electron chi connectivity index (χ0n) is 11.8. The van der Waals surface area contributed by atoms with E-state index in [1.165, 1.54) is 30.2 Å². The first-order valence-electron chi connectivity index (χ1n) is 6.95. The Kier molecular flexibility index (Phi) is 3.98. The second-order valence-electron chi connectivity index (χ2n) is 5.47. The van der Waals surface area contributed by atoms with E-state index in [0.29, 0.717) is 5.92 Å². The van der Waals surface area contributed by atoms with Crippen LogP contribution in [0.4, 0.5) is 0 Å². The van der Waals surface area contributed by atoms with Crippen molar-refractivity contribution < 1.29 is 4.79 Å². The van der Waals surface area contributed by atoms with Crippen LogP contribution in [-0.2, 0) is 4.79 Å². The third kappa shape index (κ3) is 2.83. The quantitative estimate of drug-likeness (QED) is 0.741. The Hall–Kier alpha value is -1.07. The number of carbonyl (C=O) groups excluding carboxylic acids is 1. The van der Waals surface area contributed by atoms with E-state index >= 15 is 0 Å². The third-order valence-corrected chi connectivity index (χ3v) is 5.71. The summed E-state index contributed by atoms with van der Waals surface area (Å²) in [6.07, 6.45) is 4.45. The maximum absolute atomic E-state index is 12.0. The molecule has 1 amide bonds. The van der Waals surface area contributed by atoms with E-state index < -0.39 is 0 Å². The predicted molar refractivity (Wildman–Crippen MR) is 87.0 cm³/mol. The Balaban J connectivity index is 1.75. The zero-order valence-corrected chi connectivity index (χ0v) is 13.4. The van der Waals surface area contributed by atoms with E-state index in [1.807, 2.05) is 6.08 Å². The summed E-state index contributed by atoms with van der Waals surface area (Å²) in [5.74, 6) is 0.603. The molecule has 0 radical (unpaired) electrons. The van der Waals surface area contributed by atoms with Gasteiger partial charge in [-0.25, -0.2) is 0 Å². The molecule has 3 rings (SSSR count). The molecule has 1 atom stereocenters. The van der Waals surface area contributed by atoms with E-state index in [4.69, 9.17) is 0 Å². The highest BCUT2D eigenvalue weighted by atomic mass is 32.2. The first-order chi connectivity index (χ1) is 9.63. The molecule has 1 aromatic heterocycles. The van der Waals surface area contributed by atoms with Crippen molar-refractivity contribution in [3.8, 4) is 0 Å². The molecule has 20 heavy (non-hydrogen) atoms. The maximum Gasteiger partial charge on any atom is 0.286 e. The summed E-state index contributed by atoms with van der Waals surface area (Å²) >= 11 is 3.20. The van der Waals surface area contributed by atoms with E-state index in [2.05, 4.69) is 35.2 Å². The van der Waals surface area contributed by atoms with E-state index in [9.17, 15) is 4.79 Å². The highest BCUT2D eigenvalue weighted by Crippen LogP contribution is 2.33. The van der Waals surface area contributed by atoms with Crippen molar-refractivity contribution in [3.63, 3.8) is 0 Å². The summed E-state index contributed by atoms with van der Waals surface area (Å²) in [5, 5.41) is 2.95. The summed E-state index contributed by atoms with van der Waals surface area (Å²) in [6, 6.07) is 2.08. The average molecular weight is 306 g/mol. The topological polar surface area (TPSA) is 32.7 Å². The van der Waals surface area contributed by atoms with Crippen LogP contribution in [0.1, 0.15) is 30.2 Å². The minimum atomic E-state index is -0.0870. The van der Waals surface area contributed by atoms with Crippen molar-refractivity contribution in [2.45, 2.75) is 26.7 Å². The van der Waals surface area contributed by atoms with Gasteiger partial charge in [0.2, 0.25) is 0 Å². The molecule has 1 fully saturated rings. The molecule has 2 aliphatic heterocycles. The number of thioether (sulfide) groups is 1. The van der Waals surface area contributed by atoms with Crippen LogP contribution in [0.2, 0.25) is 0 Å². The monoisotopic (exact) mass is 306 g/mol. The van der Waals surface area contributed by atoms with Gasteiger partial charge in [-0.1, -0.05) is 6.92 Å². The zero-order chi connectivity index (χ0) is 14.1. The average Bonchev–Trinajstić information content (AvgIpc) is 2.98. The Bertz CT molecular complexity index is 588. The first-order valence-corrected chi connectivity index (χ1v) is 8.64. The Morgan fingerprint density at radius 2 is 2.35 bits per heavy atom. The van der Waals surface area contributed by atoms with Gasteiger partial charge in [0.15, 0.2) is 5.17 Å². The third-order valence-electron chi connectivity index (χ3n) is 3.70. The number of aliphatic imine (C=N–C) groups is 1. The number of amides is 1. The number of likely N-dealkylation sites (tertiary alicyclic amines) is 1. The van der Waals surface area contributed by atoms with Gasteiger partial charge in [-0.15, -0.1) is 11.3 Å². The molecule has 0 aliphatic carbocycles. The molecular weight excluding hydrogens is 288 g/mol. The number of nitrogens with zero attached hydrogens (tertiary/aromatic N) is 2. The SMILES string of the molecule is Cc1ccsc1/C=C1/SC(N2CCC[C@@H](C)C2)=NC1=O. The van der Waals surface area contributed by atoms with E-state index in [0.717, 1.165) is 28.0 Å². The van der Waals surface area contributed by atoms with Crippen molar-refractivity contribution in [2.75, 3.05) is 13.1 Å². The Morgan fingerprint density at radius 3 is 3.05 bits per heavy atom. The number of hydrogen-bond acceptors (Lipinski definition) is 4. The van der Waals surface area contributed by atoms with Crippen LogP contribution in [0.3, 0.4) is 0 Å². The minimum absolute atomic E-state index is 0.0870. The molecule has 3 heterocycles. The lowest BCUT2D eigenvalue weighted by Gasteiger charge is -2.31. The van der Waals surface area contributed by atoms with Gasteiger partial charge in [-0.3, -0.25) is 4.79 Å². The van der Waals surface area contributed by atoms with Gasteiger partial charge >= 0.3 is 0 Å². The van der Waals surface area contributed by atoms with E-state index in [1.54, 1.807) is 11.3 Å². The van der Waals surface area contributed by atoms with Gasteiger partial charge < -0.3 is 4.90 Å². The molecule has 1 aromatic rings. The standard InChI is InChI=1S/C15H18N2OS2/c1-10-4-3-6-17(9-10)15-16-14(18)13(20-15)8-12-11(2)5-7-19-12/h5,7-8,10H,3-4,6,9H2,1-2H3/b13-8+/t10-/m1/s1. The van der Waals surface area contributed by atoms with Crippen molar-refractivity contribution in [3.05, 3.63) is 26.8 Å². The minimum Gasteiger partial charge on any atom is -0.351 e. The summed E-state index contributed by atoms with van der Waals surface area (Å²) in [5.41, 5.74) is 1.22. The smallest absolute Gasteiger partial charge is 0.286 e. The maximum atomic E-state index is 12.0. The van der Waals surface area contributed by atoms with Crippen LogP contribution >= 0.6 is 23.1 Å². The van der Waals surface area contributed by atoms with Crippen molar-refractivity contribution in [2.24, 2.45) is 10.9 Å². The Labute approximate surface area is 127 Å². The van der Waals surface area contributed by atoms with Gasteiger partial charge in [-0.2, -0.15) is 4.99 Å². The van der Waals surface area contributed by atoms with Crippen LogP contribution in [0.15, 0.2) is 21.3 Å². The highest BCUT2D eigenvalue weighted by molar-refractivity contribution is 8.18. The second kappa shape index (κ2) is 5.74. The molecule has 0 bridgehead atoms. The second-order valence-corrected chi connectivity index (χ2v) is 7.43. The van der Waals surface area contributed by atoms with Crippen molar-refractivity contribution in [1.82, 2.24) is 4.90 Å². The fraction of sp³-hybridized carbons (Fsp3) is 0.467. The van der Waals surface area contributed by atoms with Gasteiger partial charge in [0, 0.05) is 18.0 Å². The fourth-order valence-electron chi connectivity index (χ4n) is 2.55. The number of thiophene rings is 1. The molecule has 0 saturated carbocycles. The van der Waals surface area contributed by atoms with Crippen LogP contribution in [0.25, 0.3) is 6.08 Å². The summed E-state index contributed by atoms with van der Waals surface area (Å²) in [4.78, 5) is 20.5. The number of carbonyl (C=O) groups is 1. The number of aryl methyl sites for hydroxylation is 1. The molecule has 5 heteroatoms. The van der Waals surface area contributed by atoms with Crippen molar-refractivity contribution in [1.29, 1.82) is 0 Å². The molecule has 0 aromatic carbocycles. The lowest BCUT2D eigenvalue weighted by molar-refractivity contribution is -0.113. The van der Waals surface area contributed by atoms with E-state index in [-0.39, 0.29) is 5.91 Å². The number of piperidine rings is 1. The first kappa shape index (κ1) is 13.9. The molecule has 0 unspecified atom stereocenters. The molecule has 2 aliphatic rings. The summed E-state index contributed by atoms with van der Waals surface area (Å²) in [7, 11) is 0. The molecule has 0 N–H and O–H groups in total. The predicted octanol–water partition coefficient (Wildman–Crippen LogP) is 3.76. The number of rotatable bonds is 1. The largest absolute Gasteiger partial charge is 0.351 e. The highest BCUT2D eigenvalue weighted by Gasteiger charge is 2.28. The Morgan fingerprint density at radius 1 is 1.50 bits per heavy atom. The fourth-order valence-corrected chi connectivity index (χ4v) is 4.41. The lowest BCUT2D eigenvalue weighted by Crippen LogP contribution is -2.37. The summed E-state index contributed by atoms with van der Waals surface area (Å²) < 4.78 is 0. The van der Waals surface area contributed by atoms with Gasteiger partial charge in [0.25, 0.3) is 5.91 Å². The van der Waals surface area contributed by atoms with Gasteiger partial charge in [0.05, 0.1) is 4.91 Å². The molecule has 0 spiro atoms. The van der Waals surface area contributed by atoms with Crippen LogP contribution in [-0.4, -0.2) is 29.1 Å². The molecule has 106 valence electrons. The molecule has 3 nitrogen and oxygen atoms in total. The van der Waals surface area contributed by atoms with Gasteiger partial charge in [-0.05, 0) is 60.5 Å². The summed E-state index contributed by atoms with van der Waals surface area (Å²) in [6.45, 7) is 6.38. The normalized spacial score (nSPS) is 25.4. The molecular formula is C15H18N2OS2. The number of amidine groups is 1. The number of hydrogen-bond donors (Lipinski definition) is 0. The van der Waals surface area contributed by atoms with Gasteiger partial charge in [0.1, 0.15) is 0 Å². The van der Waals surface area contributed by atoms with Crippen LogP contribution in [0.5, 0.6) is 0 Å². The lowest BCUT2D eigenvalue weighted by atomic mass is 10.0.